The van der Waals surface area contributed by atoms with E-state index in [4.69, 9.17) is 4.74 Å². The number of ether oxygens (including phenoxy) is 1. The fourth-order valence-electron chi connectivity index (χ4n) is 3.30. The van der Waals surface area contributed by atoms with Gasteiger partial charge in [0.1, 0.15) is 0 Å². The molecule has 1 aliphatic rings. The van der Waals surface area contributed by atoms with Crippen molar-refractivity contribution in [2.75, 3.05) is 26.8 Å². The van der Waals surface area contributed by atoms with E-state index in [0.717, 1.165) is 25.6 Å². The lowest BCUT2D eigenvalue weighted by Gasteiger charge is -2.44. The van der Waals surface area contributed by atoms with Gasteiger partial charge in [-0.25, -0.2) is 0 Å². The second kappa shape index (κ2) is 6.91. The monoisotopic (exact) mass is 255 g/mol. The molecular formula is C16H33NO. The smallest absolute Gasteiger partial charge is 0.0530 e. The summed E-state index contributed by atoms with van der Waals surface area (Å²) in [7, 11) is 1.84. The minimum Gasteiger partial charge on any atom is -0.384 e. The Morgan fingerprint density at radius 3 is 2.28 bits per heavy atom. The Bertz CT molecular complexity index is 224. The van der Waals surface area contributed by atoms with Crippen molar-refractivity contribution in [2.45, 2.75) is 59.8 Å². The number of nitrogens with one attached hydrogen (secondary N) is 1. The second-order valence-electron chi connectivity index (χ2n) is 7.25. The van der Waals surface area contributed by atoms with Gasteiger partial charge in [-0.3, -0.25) is 0 Å². The molecule has 0 saturated heterocycles. The molecule has 1 aliphatic carbocycles. The SMILES string of the molecule is CCCNCC1(COC)CCC(C(C)(C)C)CC1. The van der Waals surface area contributed by atoms with Crippen molar-refractivity contribution >= 4 is 0 Å². The van der Waals surface area contributed by atoms with Crippen LogP contribution >= 0.6 is 0 Å². The highest BCUT2D eigenvalue weighted by molar-refractivity contribution is 4.90. The quantitative estimate of drug-likeness (QED) is 0.728. The molecule has 108 valence electrons. The van der Waals surface area contributed by atoms with Crippen molar-refractivity contribution in [3.05, 3.63) is 0 Å². The van der Waals surface area contributed by atoms with Gasteiger partial charge < -0.3 is 10.1 Å². The van der Waals surface area contributed by atoms with Gasteiger partial charge in [-0.15, -0.1) is 0 Å². The maximum absolute atomic E-state index is 5.50. The van der Waals surface area contributed by atoms with Crippen molar-refractivity contribution in [3.63, 3.8) is 0 Å². The first kappa shape index (κ1) is 16.0. The molecule has 0 unspecified atom stereocenters. The van der Waals surface area contributed by atoms with E-state index in [1.165, 1.54) is 32.1 Å². The Hall–Kier alpha value is -0.0800. The third-order valence-corrected chi connectivity index (χ3v) is 4.65. The molecule has 1 rings (SSSR count). The van der Waals surface area contributed by atoms with Crippen LogP contribution < -0.4 is 5.32 Å². The van der Waals surface area contributed by atoms with Crippen LogP contribution in [0, 0.1) is 16.7 Å². The Morgan fingerprint density at radius 2 is 1.83 bits per heavy atom. The summed E-state index contributed by atoms with van der Waals surface area (Å²) in [5.74, 6) is 0.883. The second-order valence-corrected chi connectivity index (χ2v) is 7.25. The zero-order chi connectivity index (χ0) is 13.6. The lowest BCUT2D eigenvalue weighted by Crippen LogP contribution is -2.42. The molecule has 0 aromatic rings. The summed E-state index contributed by atoms with van der Waals surface area (Å²) in [5.41, 5.74) is 0.863. The number of hydrogen-bond donors (Lipinski definition) is 1. The van der Waals surface area contributed by atoms with Gasteiger partial charge in [-0.1, -0.05) is 27.7 Å². The molecule has 2 nitrogen and oxygen atoms in total. The van der Waals surface area contributed by atoms with Crippen LogP contribution in [0.4, 0.5) is 0 Å². The maximum atomic E-state index is 5.50. The number of hydrogen-bond acceptors (Lipinski definition) is 2. The van der Waals surface area contributed by atoms with Crippen LogP contribution in [0.2, 0.25) is 0 Å². The Balaban J connectivity index is 2.51. The average Bonchev–Trinajstić information content (AvgIpc) is 2.29. The number of methoxy groups -OCH3 is 1. The van der Waals surface area contributed by atoms with E-state index in [0.29, 0.717) is 10.8 Å². The summed E-state index contributed by atoms with van der Waals surface area (Å²) in [4.78, 5) is 0. The summed E-state index contributed by atoms with van der Waals surface area (Å²) in [6.45, 7) is 12.6. The molecule has 0 aromatic heterocycles. The minimum absolute atomic E-state index is 0.395. The van der Waals surface area contributed by atoms with Gasteiger partial charge in [0.15, 0.2) is 0 Å². The highest BCUT2D eigenvalue weighted by Gasteiger charge is 2.38. The summed E-state index contributed by atoms with van der Waals surface area (Å²) in [6.07, 6.45) is 6.58. The van der Waals surface area contributed by atoms with Crippen LogP contribution in [0.3, 0.4) is 0 Å². The van der Waals surface area contributed by atoms with Crippen LogP contribution in [-0.4, -0.2) is 26.8 Å². The number of rotatable bonds is 6. The molecule has 0 aliphatic heterocycles. The molecule has 2 heteroatoms. The van der Waals surface area contributed by atoms with E-state index in [1.54, 1.807) is 0 Å². The third-order valence-electron chi connectivity index (χ3n) is 4.65. The molecular weight excluding hydrogens is 222 g/mol. The van der Waals surface area contributed by atoms with Gasteiger partial charge >= 0.3 is 0 Å². The van der Waals surface area contributed by atoms with E-state index >= 15 is 0 Å². The molecule has 0 spiro atoms. The topological polar surface area (TPSA) is 21.3 Å². The predicted octanol–water partition coefficient (Wildman–Crippen LogP) is 3.86. The fraction of sp³-hybridized carbons (Fsp3) is 1.00. The third kappa shape index (κ3) is 4.55. The van der Waals surface area contributed by atoms with Gasteiger partial charge in [0.05, 0.1) is 6.61 Å². The predicted molar refractivity (Wildman–Crippen MR) is 78.9 cm³/mol. The van der Waals surface area contributed by atoms with Gasteiger partial charge in [0.2, 0.25) is 0 Å². The van der Waals surface area contributed by atoms with E-state index < -0.39 is 0 Å². The molecule has 1 fully saturated rings. The molecule has 0 atom stereocenters. The first-order chi connectivity index (χ1) is 8.43. The Morgan fingerprint density at radius 1 is 1.22 bits per heavy atom. The summed E-state index contributed by atoms with van der Waals surface area (Å²) in [5, 5.41) is 3.60. The Kier molecular flexibility index (Phi) is 6.13. The van der Waals surface area contributed by atoms with E-state index in [9.17, 15) is 0 Å². The van der Waals surface area contributed by atoms with Crippen LogP contribution in [0.1, 0.15) is 59.8 Å². The summed E-state index contributed by atoms with van der Waals surface area (Å²) >= 11 is 0. The van der Waals surface area contributed by atoms with Crippen LogP contribution in [0.5, 0.6) is 0 Å². The van der Waals surface area contributed by atoms with E-state index in [2.05, 4.69) is 33.0 Å². The largest absolute Gasteiger partial charge is 0.384 e. The van der Waals surface area contributed by atoms with E-state index in [1.807, 2.05) is 7.11 Å². The fourth-order valence-corrected chi connectivity index (χ4v) is 3.30. The van der Waals surface area contributed by atoms with Crippen molar-refractivity contribution in [2.24, 2.45) is 16.7 Å². The zero-order valence-electron chi connectivity index (χ0n) is 13.1. The highest BCUT2D eigenvalue weighted by atomic mass is 16.5. The van der Waals surface area contributed by atoms with Crippen LogP contribution in [0.15, 0.2) is 0 Å². The lowest BCUT2D eigenvalue weighted by atomic mass is 9.64. The van der Waals surface area contributed by atoms with Gasteiger partial charge in [-0.05, 0) is 50.0 Å². The van der Waals surface area contributed by atoms with Crippen molar-refractivity contribution < 1.29 is 4.74 Å². The van der Waals surface area contributed by atoms with Gasteiger partial charge in [0.25, 0.3) is 0 Å². The molecule has 0 aromatic carbocycles. The zero-order valence-corrected chi connectivity index (χ0v) is 13.1. The molecule has 1 N–H and O–H groups in total. The van der Waals surface area contributed by atoms with Crippen molar-refractivity contribution in [3.8, 4) is 0 Å². The first-order valence-electron chi connectivity index (χ1n) is 7.63. The minimum atomic E-state index is 0.395. The van der Waals surface area contributed by atoms with Crippen LogP contribution in [0.25, 0.3) is 0 Å². The molecule has 0 bridgehead atoms. The average molecular weight is 255 g/mol. The highest BCUT2D eigenvalue weighted by Crippen LogP contribution is 2.45. The molecule has 0 heterocycles. The molecule has 0 radical (unpaired) electrons. The standard InChI is InChI=1S/C16H33NO/c1-6-11-17-12-16(13-18-5)9-7-14(8-10-16)15(2,3)4/h14,17H,6-13H2,1-5H3. The van der Waals surface area contributed by atoms with Crippen molar-refractivity contribution in [1.29, 1.82) is 0 Å². The molecule has 1 saturated carbocycles. The Labute approximate surface area is 114 Å². The van der Waals surface area contributed by atoms with Gasteiger partial charge in [0, 0.05) is 19.1 Å². The first-order valence-corrected chi connectivity index (χ1v) is 7.63. The van der Waals surface area contributed by atoms with E-state index in [-0.39, 0.29) is 0 Å². The molecule has 0 amide bonds. The molecule has 18 heavy (non-hydrogen) atoms. The lowest BCUT2D eigenvalue weighted by molar-refractivity contribution is 0.0168. The van der Waals surface area contributed by atoms with Crippen molar-refractivity contribution in [1.82, 2.24) is 5.32 Å². The normalized spacial score (nSPS) is 29.5. The van der Waals surface area contributed by atoms with Gasteiger partial charge in [-0.2, -0.15) is 0 Å². The summed E-state index contributed by atoms with van der Waals surface area (Å²) < 4.78 is 5.50. The summed E-state index contributed by atoms with van der Waals surface area (Å²) in [6, 6.07) is 0. The van der Waals surface area contributed by atoms with Crippen LogP contribution in [-0.2, 0) is 4.74 Å². The maximum Gasteiger partial charge on any atom is 0.0530 e.